The Kier molecular flexibility index (Phi) is 4.52. The van der Waals surface area contributed by atoms with E-state index < -0.39 is 10.0 Å². The van der Waals surface area contributed by atoms with E-state index >= 15 is 0 Å². The Balaban J connectivity index is 1.83. The van der Waals surface area contributed by atoms with Crippen molar-refractivity contribution in [2.24, 2.45) is 0 Å². The summed E-state index contributed by atoms with van der Waals surface area (Å²) in [5, 5.41) is 1.72. The van der Waals surface area contributed by atoms with Crippen LogP contribution in [0.5, 0.6) is 5.88 Å². The van der Waals surface area contributed by atoms with Gasteiger partial charge in [-0.2, -0.15) is 0 Å². The van der Waals surface area contributed by atoms with Crippen LogP contribution in [0.15, 0.2) is 40.1 Å². The molecule has 5 nitrogen and oxygen atoms in total. The van der Waals surface area contributed by atoms with Crippen molar-refractivity contribution < 1.29 is 13.2 Å². The summed E-state index contributed by atoms with van der Waals surface area (Å²) in [6, 6.07) is 6.98. The number of aryl methyl sites for hydroxylation is 1. The van der Waals surface area contributed by atoms with Crippen LogP contribution < -0.4 is 9.46 Å². The van der Waals surface area contributed by atoms with E-state index in [1.54, 1.807) is 23.7 Å². The molecule has 2 rings (SSSR count). The van der Waals surface area contributed by atoms with Crippen molar-refractivity contribution in [1.29, 1.82) is 0 Å². The zero-order valence-corrected chi connectivity index (χ0v) is 12.0. The van der Waals surface area contributed by atoms with Gasteiger partial charge in [0.2, 0.25) is 15.9 Å². The molecule has 2 aromatic rings. The van der Waals surface area contributed by atoms with Gasteiger partial charge in [0, 0.05) is 18.3 Å². The summed E-state index contributed by atoms with van der Waals surface area (Å²) in [6.07, 6.45) is 1.64. The maximum atomic E-state index is 11.8. The summed E-state index contributed by atoms with van der Waals surface area (Å²) in [5.74, 6) is 0.526. The Morgan fingerprint density at radius 3 is 2.89 bits per heavy atom. The number of aromatic nitrogens is 1. The van der Waals surface area contributed by atoms with Gasteiger partial charge in [-0.15, -0.1) is 11.3 Å². The summed E-state index contributed by atoms with van der Waals surface area (Å²) in [4.78, 5) is 4.06. The first-order valence-electron chi connectivity index (χ1n) is 5.67. The standard InChI is InChI=1S/C12H14N2O3S2/c1-10-4-2-6-13-12(10)17-8-7-14-19(15,16)11-5-3-9-18-11/h2-6,9,14H,7-8H2,1H3. The molecule has 0 bridgehead atoms. The molecule has 1 N–H and O–H groups in total. The van der Waals surface area contributed by atoms with E-state index in [4.69, 9.17) is 4.74 Å². The number of ether oxygens (including phenoxy) is 1. The lowest BCUT2D eigenvalue weighted by atomic mass is 10.3. The van der Waals surface area contributed by atoms with Gasteiger partial charge in [-0.05, 0) is 24.4 Å². The Morgan fingerprint density at radius 1 is 1.37 bits per heavy atom. The van der Waals surface area contributed by atoms with E-state index in [0.29, 0.717) is 10.1 Å². The smallest absolute Gasteiger partial charge is 0.250 e. The van der Waals surface area contributed by atoms with Crippen LogP contribution in [-0.4, -0.2) is 26.6 Å². The fourth-order valence-electron chi connectivity index (χ4n) is 1.43. The van der Waals surface area contributed by atoms with Gasteiger partial charge in [-0.3, -0.25) is 0 Å². The first kappa shape index (κ1) is 14.0. The number of hydrogen-bond acceptors (Lipinski definition) is 5. The molecule has 2 aromatic heterocycles. The number of thiophene rings is 1. The van der Waals surface area contributed by atoms with Crippen molar-refractivity contribution >= 4 is 21.4 Å². The van der Waals surface area contributed by atoms with Gasteiger partial charge in [0.25, 0.3) is 0 Å². The van der Waals surface area contributed by atoms with Crippen LogP contribution >= 0.6 is 11.3 Å². The lowest BCUT2D eigenvalue weighted by molar-refractivity contribution is 0.308. The number of nitrogens with one attached hydrogen (secondary N) is 1. The summed E-state index contributed by atoms with van der Waals surface area (Å²) in [5.41, 5.74) is 0.920. The van der Waals surface area contributed by atoms with Gasteiger partial charge < -0.3 is 4.74 Å². The molecule has 0 aliphatic carbocycles. The van der Waals surface area contributed by atoms with E-state index in [9.17, 15) is 8.42 Å². The van der Waals surface area contributed by atoms with E-state index in [1.165, 1.54) is 11.3 Å². The van der Waals surface area contributed by atoms with Crippen molar-refractivity contribution in [3.8, 4) is 5.88 Å². The Labute approximate surface area is 116 Å². The molecular formula is C12H14N2O3S2. The Hall–Kier alpha value is -1.44. The number of rotatable bonds is 6. The third kappa shape index (κ3) is 3.76. The molecule has 0 unspecified atom stereocenters. The van der Waals surface area contributed by atoms with Crippen LogP contribution in [0.1, 0.15) is 5.56 Å². The van der Waals surface area contributed by atoms with Crippen molar-refractivity contribution in [2.45, 2.75) is 11.1 Å². The minimum Gasteiger partial charge on any atom is -0.476 e. The quantitative estimate of drug-likeness (QED) is 0.826. The molecule has 0 saturated carbocycles. The fourth-order valence-corrected chi connectivity index (χ4v) is 3.48. The van der Waals surface area contributed by atoms with Gasteiger partial charge in [-0.25, -0.2) is 18.1 Å². The largest absolute Gasteiger partial charge is 0.476 e. The maximum absolute atomic E-state index is 11.8. The van der Waals surface area contributed by atoms with E-state index in [2.05, 4.69) is 9.71 Å². The highest BCUT2D eigenvalue weighted by Crippen LogP contribution is 2.15. The highest BCUT2D eigenvalue weighted by molar-refractivity contribution is 7.91. The van der Waals surface area contributed by atoms with Crippen LogP contribution in [0.4, 0.5) is 0 Å². The molecule has 0 aromatic carbocycles. The van der Waals surface area contributed by atoms with Gasteiger partial charge in [0.1, 0.15) is 10.8 Å². The molecule has 0 amide bonds. The second-order valence-electron chi connectivity index (χ2n) is 3.80. The van der Waals surface area contributed by atoms with E-state index in [0.717, 1.165) is 5.56 Å². The molecule has 0 aliphatic heterocycles. The Bertz CT molecular complexity index is 624. The number of hydrogen-bond donors (Lipinski definition) is 1. The zero-order chi connectivity index (χ0) is 13.7. The molecule has 0 radical (unpaired) electrons. The third-order valence-electron chi connectivity index (χ3n) is 2.35. The first-order valence-corrected chi connectivity index (χ1v) is 8.03. The van der Waals surface area contributed by atoms with Crippen LogP contribution in [0.25, 0.3) is 0 Å². The van der Waals surface area contributed by atoms with Crippen molar-refractivity contribution in [3.05, 3.63) is 41.4 Å². The van der Waals surface area contributed by atoms with Gasteiger partial charge in [0.15, 0.2) is 0 Å². The topological polar surface area (TPSA) is 68.3 Å². The average molecular weight is 298 g/mol. The maximum Gasteiger partial charge on any atom is 0.250 e. The van der Waals surface area contributed by atoms with Crippen molar-refractivity contribution in [1.82, 2.24) is 9.71 Å². The SMILES string of the molecule is Cc1cccnc1OCCNS(=O)(=O)c1cccs1. The fraction of sp³-hybridized carbons (Fsp3) is 0.250. The molecular weight excluding hydrogens is 284 g/mol. The molecule has 102 valence electrons. The number of sulfonamides is 1. The minimum atomic E-state index is -3.41. The number of pyridine rings is 1. The highest BCUT2D eigenvalue weighted by Gasteiger charge is 2.14. The van der Waals surface area contributed by atoms with Gasteiger partial charge in [-0.1, -0.05) is 12.1 Å². The molecule has 2 heterocycles. The van der Waals surface area contributed by atoms with Gasteiger partial charge in [0.05, 0.1) is 0 Å². The Morgan fingerprint density at radius 2 is 2.21 bits per heavy atom. The van der Waals surface area contributed by atoms with Crippen LogP contribution in [-0.2, 0) is 10.0 Å². The minimum absolute atomic E-state index is 0.205. The van der Waals surface area contributed by atoms with Crippen LogP contribution in [0.3, 0.4) is 0 Å². The second kappa shape index (κ2) is 6.14. The predicted octanol–water partition coefficient (Wildman–Crippen LogP) is 1.81. The second-order valence-corrected chi connectivity index (χ2v) is 6.75. The lowest BCUT2D eigenvalue weighted by Crippen LogP contribution is -2.27. The molecule has 7 heteroatoms. The van der Waals surface area contributed by atoms with Crippen LogP contribution in [0.2, 0.25) is 0 Å². The molecule has 0 atom stereocenters. The van der Waals surface area contributed by atoms with Crippen LogP contribution in [0, 0.1) is 6.92 Å². The summed E-state index contributed by atoms with van der Waals surface area (Å²) in [7, 11) is -3.41. The summed E-state index contributed by atoms with van der Waals surface area (Å²) >= 11 is 1.18. The molecule has 0 fully saturated rings. The number of nitrogens with zero attached hydrogens (tertiary/aromatic N) is 1. The monoisotopic (exact) mass is 298 g/mol. The summed E-state index contributed by atoms with van der Waals surface area (Å²) < 4.78 is 31.8. The van der Waals surface area contributed by atoms with E-state index in [-0.39, 0.29) is 13.2 Å². The normalized spacial score (nSPS) is 11.4. The lowest BCUT2D eigenvalue weighted by Gasteiger charge is -2.08. The van der Waals surface area contributed by atoms with Crippen molar-refractivity contribution in [2.75, 3.05) is 13.2 Å². The van der Waals surface area contributed by atoms with Gasteiger partial charge >= 0.3 is 0 Å². The third-order valence-corrected chi connectivity index (χ3v) is 5.21. The predicted molar refractivity (Wildman–Crippen MR) is 74.0 cm³/mol. The van der Waals surface area contributed by atoms with Crippen molar-refractivity contribution in [3.63, 3.8) is 0 Å². The molecule has 19 heavy (non-hydrogen) atoms. The highest BCUT2D eigenvalue weighted by atomic mass is 32.2. The summed E-state index contributed by atoms with van der Waals surface area (Å²) in [6.45, 7) is 2.33. The average Bonchev–Trinajstić information content (AvgIpc) is 2.91. The van der Waals surface area contributed by atoms with E-state index in [1.807, 2.05) is 19.1 Å². The molecule has 0 saturated heterocycles. The zero-order valence-electron chi connectivity index (χ0n) is 10.4. The molecule has 0 aliphatic rings. The first-order chi connectivity index (χ1) is 9.09. The molecule has 0 spiro atoms.